The number of carboxylic acids is 1. The van der Waals surface area contributed by atoms with Gasteiger partial charge >= 0.3 is 13.6 Å². The van der Waals surface area contributed by atoms with Crippen LogP contribution >= 0.6 is 19.2 Å². The minimum atomic E-state index is -3.56. The van der Waals surface area contributed by atoms with Crippen LogP contribution in [0.15, 0.2) is 36.4 Å². The summed E-state index contributed by atoms with van der Waals surface area (Å²) in [4.78, 5) is 11.3. The number of benzene rings is 2. The van der Waals surface area contributed by atoms with Crippen LogP contribution in [0.4, 0.5) is 0 Å². The molecule has 0 bridgehead atoms. The summed E-state index contributed by atoms with van der Waals surface area (Å²) in [6.07, 6.45) is 0.0911. The lowest BCUT2D eigenvalue weighted by atomic mass is 9.93. The summed E-state index contributed by atoms with van der Waals surface area (Å²) in [5.74, 6) is -1.10. The molecule has 0 spiro atoms. The molecule has 0 aromatic heterocycles. The fourth-order valence-electron chi connectivity index (χ4n) is 2.91. The number of halogens is 1. The molecule has 6 nitrogen and oxygen atoms in total. The molecule has 0 aliphatic heterocycles. The molecule has 1 unspecified atom stereocenters. The number of hydrogen-bond acceptors (Lipinski definition) is 5. The van der Waals surface area contributed by atoms with Crippen molar-refractivity contribution < 1.29 is 23.5 Å². The Morgan fingerprint density at radius 2 is 1.75 bits per heavy atom. The van der Waals surface area contributed by atoms with Gasteiger partial charge in [0.2, 0.25) is 0 Å². The van der Waals surface area contributed by atoms with E-state index in [1.54, 1.807) is 38.1 Å². The molecule has 0 radical (unpaired) electrons. The van der Waals surface area contributed by atoms with Crippen molar-refractivity contribution in [3.8, 4) is 11.1 Å². The zero-order valence-corrected chi connectivity index (χ0v) is 17.8. The third-order valence-corrected chi connectivity index (χ3v) is 6.67. The summed E-state index contributed by atoms with van der Waals surface area (Å²) in [6, 6.07) is 9.57. The Kier molecular flexibility index (Phi) is 7.81. The SMILES string of the molecule is CCOP(=O)(OCC)c1cc(CC(N)C(=O)O)c(C)c(-c2ccc(Cl)cc2)c1. The van der Waals surface area contributed by atoms with Crippen molar-refractivity contribution in [2.75, 3.05) is 13.2 Å². The number of nitrogens with two attached hydrogens (primary N) is 1. The first kappa shape index (κ1) is 22.6. The van der Waals surface area contributed by atoms with Gasteiger partial charge in [0, 0.05) is 5.02 Å². The zero-order valence-electron chi connectivity index (χ0n) is 16.1. The standard InChI is InChI=1S/C20H25ClNO5P/c1-4-26-28(25,27-5-2)17-10-15(11-19(22)20(23)24)13(3)18(12-17)14-6-8-16(21)9-7-14/h6-10,12,19H,4-5,11,22H2,1-3H3,(H,23,24). The molecule has 0 heterocycles. The largest absolute Gasteiger partial charge is 0.480 e. The summed E-state index contributed by atoms with van der Waals surface area (Å²) in [6.45, 7) is 5.78. The predicted molar refractivity (Wildman–Crippen MR) is 111 cm³/mol. The Bertz CT molecular complexity index is 875. The minimum absolute atomic E-state index is 0.0911. The number of carboxylic acid groups (broad SMARTS) is 1. The Hall–Kier alpha value is -1.69. The van der Waals surface area contributed by atoms with Crippen molar-refractivity contribution in [1.82, 2.24) is 0 Å². The third-order valence-electron chi connectivity index (χ3n) is 4.33. The van der Waals surface area contributed by atoms with E-state index in [2.05, 4.69) is 0 Å². The van der Waals surface area contributed by atoms with Gasteiger partial charge in [-0.3, -0.25) is 9.36 Å². The highest BCUT2D eigenvalue weighted by molar-refractivity contribution is 7.62. The van der Waals surface area contributed by atoms with E-state index in [0.29, 0.717) is 15.9 Å². The topological polar surface area (TPSA) is 98.9 Å². The number of rotatable bonds is 9. The maximum absolute atomic E-state index is 13.3. The van der Waals surface area contributed by atoms with E-state index in [0.717, 1.165) is 16.7 Å². The molecule has 1 atom stereocenters. The van der Waals surface area contributed by atoms with Crippen molar-refractivity contribution in [2.45, 2.75) is 33.2 Å². The first-order valence-corrected chi connectivity index (χ1v) is 10.9. The zero-order chi connectivity index (χ0) is 20.9. The lowest BCUT2D eigenvalue weighted by molar-refractivity contribution is -0.138. The van der Waals surface area contributed by atoms with Gasteiger partial charge < -0.3 is 19.9 Å². The Labute approximate surface area is 170 Å². The molecule has 0 aliphatic rings. The van der Waals surface area contributed by atoms with E-state index >= 15 is 0 Å². The van der Waals surface area contributed by atoms with E-state index < -0.39 is 19.6 Å². The number of hydrogen-bond donors (Lipinski definition) is 2. The maximum atomic E-state index is 13.3. The normalized spacial score (nSPS) is 12.8. The Balaban J connectivity index is 2.68. The van der Waals surface area contributed by atoms with Gasteiger partial charge in [-0.2, -0.15) is 0 Å². The van der Waals surface area contributed by atoms with Crippen LogP contribution in [-0.4, -0.2) is 30.3 Å². The average Bonchev–Trinajstić information content (AvgIpc) is 2.64. The third kappa shape index (κ3) is 5.22. The molecule has 2 rings (SSSR count). The van der Waals surface area contributed by atoms with E-state index in [-0.39, 0.29) is 19.6 Å². The lowest BCUT2D eigenvalue weighted by Gasteiger charge is -2.21. The highest BCUT2D eigenvalue weighted by Gasteiger charge is 2.29. The Morgan fingerprint density at radius 3 is 2.25 bits per heavy atom. The van der Waals surface area contributed by atoms with Crippen LogP contribution < -0.4 is 11.0 Å². The van der Waals surface area contributed by atoms with E-state index in [9.17, 15) is 14.5 Å². The van der Waals surface area contributed by atoms with Gasteiger partial charge in [-0.25, -0.2) is 0 Å². The van der Waals surface area contributed by atoms with Crippen molar-refractivity contribution in [3.63, 3.8) is 0 Å². The van der Waals surface area contributed by atoms with Gasteiger partial charge in [-0.1, -0.05) is 23.7 Å². The monoisotopic (exact) mass is 425 g/mol. The van der Waals surface area contributed by atoms with Gasteiger partial charge in [0.05, 0.1) is 18.5 Å². The average molecular weight is 426 g/mol. The minimum Gasteiger partial charge on any atom is -0.480 e. The molecule has 2 aromatic carbocycles. The highest BCUT2D eigenvalue weighted by Crippen LogP contribution is 2.48. The quantitative estimate of drug-likeness (QED) is 0.585. The molecule has 0 saturated carbocycles. The second-order valence-corrected chi connectivity index (χ2v) is 8.73. The molecular formula is C20H25ClNO5P. The Morgan fingerprint density at radius 1 is 1.18 bits per heavy atom. The molecule has 28 heavy (non-hydrogen) atoms. The molecule has 8 heteroatoms. The van der Waals surface area contributed by atoms with Crippen LogP contribution in [0.1, 0.15) is 25.0 Å². The van der Waals surface area contributed by atoms with Gasteiger partial charge in [0.25, 0.3) is 0 Å². The van der Waals surface area contributed by atoms with E-state index in [1.165, 1.54) is 0 Å². The summed E-state index contributed by atoms with van der Waals surface area (Å²) in [7, 11) is -3.56. The second-order valence-electron chi connectivity index (χ2n) is 6.27. The summed E-state index contributed by atoms with van der Waals surface area (Å²) >= 11 is 5.99. The summed E-state index contributed by atoms with van der Waals surface area (Å²) in [5, 5.41) is 10.2. The van der Waals surface area contributed by atoms with Crippen LogP contribution in [0.2, 0.25) is 5.02 Å². The van der Waals surface area contributed by atoms with Gasteiger partial charge in [0.1, 0.15) is 6.04 Å². The molecule has 3 N–H and O–H groups in total. The van der Waals surface area contributed by atoms with E-state index in [1.807, 2.05) is 19.1 Å². The van der Waals surface area contributed by atoms with E-state index in [4.69, 9.17) is 26.4 Å². The molecule has 2 aromatic rings. The van der Waals surface area contributed by atoms with Crippen LogP contribution in [0.25, 0.3) is 11.1 Å². The van der Waals surface area contributed by atoms with Crippen LogP contribution in [0.3, 0.4) is 0 Å². The predicted octanol–water partition coefficient (Wildman–Crippen LogP) is 4.16. The first-order valence-electron chi connectivity index (χ1n) is 8.99. The van der Waals surface area contributed by atoms with Crippen molar-refractivity contribution >= 4 is 30.5 Å². The lowest BCUT2D eigenvalue weighted by Crippen LogP contribution is -2.33. The van der Waals surface area contributed by atoms with Crippen LogP contribution in [0, 0.1) is 6.92 Å². The molecule has 0 saturated heterocycles. The first-order chi connectivity index (χ1) is 13.2. The van der Waals surface area contributed by atoms with Crippen molar-refractivity contribution in [1.29, 1.82) is 0 Å². The molecule has 0 fully saturated rings. The molecular weight excluding hydrogens is 401 g/mol. The van der Waals surface area contributed by atoms with Crippen molar-refractivity contribution in [2.24, 2.45) is 5.73 Å². The molecule has 0 amide bonds. The number of carbonyl (C=O) groups is 1. The second kappa shape index (κ2) is 9.68. The molecule has 152 valence electrons. The van der Waals surface area contributed by atoms with Gasteiger partial charge in [-0.15, -0.1) is 0 Å². The van der Waals surface area contributed by atoms with Crippen LogP contribution in [0.5, 0.6) is 0 Å². The highest BCUT2D eigenvalue weighted by atomic mass is 35.5. The maximum Gasteiger partial charge on any atom is 0.361 e. The smallest absolute Gasteiger partial charge is 0.361 e. The van der Waals surface area contributed by atoms with Gasteiger partial charge in [-0.05, 0) is 73.7 Å². The fourth-order valence-corrected chi connectivity index (χ4v) is 4.69. The summed E-state index contributed by atoms with van der Waals surface area (Å²) in [5.41, 5.74) is 8.93. The summed E-state index contributed by atoms with van der Waals surface area (Å²) < 4.78 is 24.3. The number of aliphatic carboxylic acids is 1. The van der Waals surface area contributed by atoms with Gasteiger partial charge in [0.15, 0.2) is 0 Å². The van der Waals surface area contributed by atoms with Crippen LogP contribution in [-0.2, 0) is 24.8 Å². The fraction of sp³-hybridized carbons (Fsp3) is 0.350. The van der Waals surface area contributed by atoms with Crippen molar-refractivity contribution in [3.05, 3.63) is 52.5 Å². The molecule has 0 aliphatic carbocycles.